The Morgan fingerprint density at radius 2 is 1.97 bits per heavy atom. The smallest absolute Gasteiger partial charge is 0.269 e. The zero-order valence-electron chi connectivity index (χ0n) is 16.9. The quantitative estimate of drug-likeness (QED) is 0.517. The van der Waals surface area contributed by atoms with Gasteiger partial charge in [-0.15, -0.1) is 0 Å². The number of rotatable bonds is 3. The summed E-state index contributed by atoms with van der Waals surface area (Å²) in [5.41, 5.74) is 3.53. The van der Waals surface area contributed by atoms with Crippen LogP contribution in [-0.2, 0) is 9.53 Å². The van der Waals surface area contributed by atoms with E-state index in [1.165, 1.54) is 12.1 Å². The third kappa shape index (κ3) is 3.23. The molecule has 1 amide bonds. The fraction of sp³-hybridized carbons (Fsp3) is 0.273. The molecule has 1 fully saturated rings. The molecule has 3 aromatic rings. The molecule has 0 spiro atoms. The van der Waals surface area contributed by atoms with Crippen LogP contribution in [0, 0.1) is 10.1 Å². The lowest BCUT2D eigenvalue weighted by atomic mass is 9.93. The number of nitro groups is 1. The molecule has 1 saturated heterocycles. The minimum atomic E-state index is -0.543. The van der Waals surface area contributed by atoms with Crippen LogP contribution in [0.5, 0.6) is 0 Å². The van der Waals surface area contributed by atoms with Crippen molar-refractivity contribution in [2.45, 2.75) is 13.0 Å². The van der Waals surface area contributed by atoms with Gasteiger partial charge in [0.25, 0.3) is 11.6 Å². The predicted molar refractivity (Wildman–Crippen MR) is 115 cm³/mol. The number of morpholine rings is 1. The van der Waals surface area contributed by atoms with E-state index in [0.717, 1.165) is 11.0 Å². The molecule has 5 rings (SSSR count). The largest absolute Gasteiger partial charge is 0.378 e. The van der Waals surface area contributed by atoms with Gasteiger partial charge in [0.15, 0.2) is 0 Å². The zero-order valence-corrected chi connectivity index (χ0v) is 16.9. The molecular weight excluding hydrogens is 398 g/mol. The average molecular weight is 419 g/mol. The molecule has 9 heteroatoms. The van der Waals surface area contributed by atoms with Crippen molar-refractivity contribution in [2.75, 3.05) is 31.6 Å². The van der Waals surface area contributed by atoms with Gasteiger partial charge < -0.3 is 15.0 Å². The van der Waals surface area contributed by atoms with Gasteiger partial charge in [-0.1, -0.05) is 24.3 Å². The summed E-state index contributed by atoms with van der Waals surface area (Å²) in [6, 6.07) is 13.6. The first-order valence-corrected chi connectivity index (χ1v) is 10.1. The van der Waals surface area contributed by atoms with E-state index < -0.39 is 11.0 Å². The minimum Gasteiger partial charge on any atom is -0.378 e. The molecule has 2 aliphatic rings. The Labute approximate surface area is 178 Å². The van der Waals surface area contributed by atoms with Crippen LogP contribution in [-0.4, -0.2) is 51.6 Å². The number of nitrogens with one attached hydrogen (secondary N) is 1. The van der Waals surface area contributed by atoms with Gasteiger partial charge in [0.2, 0.25) is 5.95 Å². The van der Waals surface area contributed by atoms with Gasteiger partial charge >= 0.3 is 0 Å². The fourth-order valence-corrected chi connectivity index (χ4v) is 4.30. The van der Waals surface area contributed by atoms with E-state index >= 15 is 0 Å². The van der Waals surface area contributed by atoms with Crippen molar-refractivity contribution in [3.63, 3.8) is 0 Å². The van der Waals surface area contributed by atoms with Crippen LogP contribution in [0.1, 0.15) is 18.5 Å². The maximum absolute atomic E-state index is 13.6. The number of carbonyl (C=O) groups excluding carboxylic acids is 1. The molecule has 0 aliphatic carbocycles. The monoisotopic (exact) mass is 419 g/mol. The van der Waals surface area contributed by atoms with E-state index in [2.05, 4.69) is 10.3 Å². The van der Waals surface area contributed by atoms with E-state index in [4.69, 9.17) is 4.74 Å². The van der Waals surface area contributed by atoms with Crippen LogP contribution in [0.2, 0.25) is 0 Å². The Balaban J connectivity index is 1.71. The molecular formula is C22H21N5O4. The molecule has 1 N–H and O–H groups in total. The summed E-state index contributed by atoms with van der Waals surface area (Å²) in [6.07, 6.45) is 0. The lowest BCUT2D eigenvalue weighted by Gasteiger charge is -2.35. The molecule has 158 valence electrons. The number of hydrogen-bond acceptors (Lipinski definition) is 6. The van der Waals surface area contributed by atoms with Gasteiger partial charge in [-0.25, -0.2) is 4.98 Å². The number of carbonyl (C=O) groups is 1. The summed E-state index contributed by atoms with van der Waals surface area (Å²) in [4.78, 5) is 31.1. The molecule has 1 aromatic heterocycles. The summed E-state index contributed by atoms with van der Waals surface area (Å²) >= 11 is 0. The number of hydrogen-bond donors (Lipinski definition) is 1. The summed E-state index contributed by atoms with van der Waals surface area (Å²) in [7, 11) is 0. The van der Waals surface area contributed by atoms with Crippen molar-refractivity contribution in [3.8, 4) is 0 Å². The third-order valence-corrected chi connectivity index (χ3v) is 5.76. The Bertz CT molecular complexity index is 1230. The third-order valence-electron chi connectivity index (χ3n) is 5.76. The first kappa shape index (κ1) is 19.3. The van der Waals surface area contributed by atoms with Crippen molar-refractivity contribution < 1.29 is 14.5 Å². The Morgan fingerprint density at radius 3 is 2.74 bits per heavy atom. The normalized spacial score (nSPS) is 18.6. The summed E-state index contributed by atoms with van der Waals surface area (Å²) in [5, 5.41) is 14.7. The zero-order chi connectivity index (χ0) is 21.5. The first-order valence-electron chi connectivity index (χ1n) is 10.1. The van der Waals surface area contributed by atoms with Crippen molar-refractivity contribution in [3.05, 3.63) is 75.5 Å². The highest BCUT2D eigenvalue weighted by atomic mass is 16.6. The van der Waals surface area contributed by atoms with Crippen LogP contribution < -0.4 is 5.32 Å². The minimum absolute atomic E-state index is 0.0159. The first-order chi connectivity index (χ1) is 15.0. The number of fused-ring (bicyclic) bond motifs is 3. The van der Waals surface area contributed by atoms with Crippen LogP contribution in [0.4, 0.5) is 11.6 Å². The van der Waals surface area contributed by atoms with Crippen LogP contribution >= 0.6 is 0 Å². The number of allylic oxidation sites excluding steroid dienone is 1. The Hall–Kier alpha value is -3.72. The van der Waals surface area contributed by atoms with Gasteiger partial charge in [-0.3, -0.25) is 19.5 Å². The number of imidazole rings is 1. The Kier molecular flexibility index (Phi) is 4.67. The highest BCUT2D eigenvalue weighted by molar-refractivity contribution is 5.98. The number of nitro benzene ring substituents is 1. The van der Waals surface area contributed by atoms with Gasteiger partial charge in [0.05, 0.1) is 40.8 Å². The lowest BCUT2D eigenvalue weighted by Crippen LogP contribution is -2.44. The van der Waals surface area contributed by atoms with Gasteiger partial charge in [-0.2, -0.15) is 0 Å². The van der Waals surface area contributed by atoms with Gasteiger partial charge in [-0.05, 0) is 24.6 Å². The van der Waals surface area contributed by atoms with E-state index in [1.54, 1.807) is 11.0 Å². The Morgan fingerprint density at radius 1 is 1.19 bits per heavy atom. The van der Waals surface area contributed by atoms with E-state index in [-0.39, 0.29) is 11.6 Å². The molecule has 0 saturated carbocycles. The number of aromatic nitrogens is 2. The maximum Gasteiger partial charge on any atom is 0.269 e. The lowest BCUT2D eigenvalue weighted by molar-refractivity contribution is -0.384. The molecule has 3 heterocycles. The van der Waals surface area contributed by atoms with Crippen molar-refractivity contribution >= 4 is 28.6 Å². The fourth-order valence-electron chi connectivity index (χ4n) is 4.30. The number of non-ortho nitro benzene ring substituents is 1. The van der Waals surface area contributed by atoms with Gasteiger partial charge in [0.1, 0.15) is 0 Å². The van der Waals surface area contributed by atoms with E-state index in [0.29, 0.717) is 49.1 Å². The molecule has 2 aliphatic heterocycles. The number of nitrogens with zero attached hydrogens (tertiary/aromatic N) is 4. The molecule has 2 aromatic carbocycles. The van der Waals surface area contributed by atoms with Crippen LogP contribution in [0.25, 0.3) is 11.0 Å². The molecule has 0 bridgehead atoms. The van der Waals surface area contributed by atoms with Crippen molar-refractivity contribution in [1.82, 2.24) is 14.5 Å². The van der Waals surface area contributed by atoms with Crippen LogP contribution in [0.15, 0.2) is 59.8 Å². The number of amides is 1. The molecule has 1 atom stereocenters. The molecule has 31 heavy (non-hydrogen) atoms. The van der Waals surface area contributed by atoms with Crippen LogP contribution in [0.3, 0.4) is 0 Å². The molecule has 9 nitrogen and oxygen atoms in total. The molecule has 0 unspecified atom stereocenters. The topological polar surface area (TPSA) is 103 Å². The van der Waals surface area contributed by atoms with Crippen molar-refractivity contribution in [1.29, 1.82) is 0 Å². The highest BCUT2D eigenvalue weighted by Crippen LogP contribution is 2.40. The van der Waals surface area contributed by atoms with E-state index in [1.807, 2.05) is 41.8 Å². The maximum atomic E-state index is 13.6. The number of benzene rings is 2. The second-order valence-corrected chi connectivity index (χ2v) is 7.62. The number of anilines is 1. The summed E-state index contributed by atoms with van der Waals surface area (Å²) in [5.74, 6) is 0.502. The number of para-hydroxylation sites is 2. The molecule has 0 radical (unpaired) electrons. The second kappa shape index (κ2) is 7.51. The summed E-state index contributed by atoms with van der Waals surface area (Å²) < 4.78 is 7.36. The summed E-state index contributed by atoms with van der Waals surface area (Å²) in [6.45, 7) is 3.85. The number of ether oxygens (including phenoxy) is 1. The average Bonchev–Trinajstić information content (AvgIpc) is 3.16. The van der Waals surface area contributed by atoms with Crippen molar-refractivity contribution in [2.24, 2.45) is 0 Å². The standard InChI is InChI=1S/C22H21N5O4/c1-14-19(21(28)25-9-11-31-12-10-25)20(15-5-4-6-16(13-15)27(29)30)26-18-8-3-2-7-17(18)24-22(26)23-14/h2-8,13,20H,9-12H2,1H3,(H,23,24)/t20-/m0/s1. The van der Waals surface area contributed by atoms with E-state index in [9.17, 15) is 14.9 Å². The predicted octanol–water partition coefficient (Wildman–Crippen LogP) is 3.09. The second-order valence-electron chi connectivity index (χ2n) is 7.62. The highest BCUT2D eigenvalue weighted by Gasteiger charge is 2.36. The van der Waals surface area contributed by atoms with Gasteiger partial charge in [0, 0.05) is 30.9 Å². The SMILES string of the molecule is CC1=C(C(=O)N2CCOCC2)[C@H](c2cccc([N+](=O)[O-])c2)n2c(nc3ccccc32)N1.